The smallest absolute Gasteiger partial charge is 0.410 e. The van der Waals surface area contributed by atoms with Crippen LogP contribution in [0.25, 0.3) is 0 Å². The van der Waals surface area contributed by atoms with Crippen molar-refractivity contribution in [1.82, 2.24) is 14.9 Å². The molecule has 0 unspecified atom stereocenters. The number of rotatable bonds is 3. The van der Waals surface area contributed by atoms with E-state index in [4.69, 9.17) is 9.47 Å². The van der Waals surface area contributed by atoms with Crippen LogP contribution in [0.1, 0.15) is 45.1 Å². The van der Waals surface area contributed by atoms with E-state index in [1.54, 1.807) is 23.4 Å². The number of likely N-dealkylation sites (tertiary alicyclic amines) is 1. The first kappa shape index (κ1) is 18.2. The molecule has 0 aliphatic carbocycles. The molecule has 1 amide bonds. The molecular formula is C20H25N3O3. The van der Waals surface area contributed by atoms with Crippen molar-refractivity contribution in [2.24, 2.45) is 0 Å². The van der Waals surface area contributed by atoms with E-state index in [0.29, 0.717) is 17.7 Å². The molecule has 1 aliphatic rings. The number of amides is 1. The lowest BCUT2D eigenvalue weighted by atomic mass is 9.89. The second-order valence-corrected chi connectivity index (χ2v) is 7.44. The highest BCUT2D eigenvalue weighted by Crippen LogP contribution is 2.30. The molecule has 6 nitrogen and oxygen atoms in total. The van der Waals surface area contributed by atoms with Gasteiger partial charge in [-0.25, -0.2) is 14.8 Å². The molecule has 26 heavy (non-hydrogen) atoms. The molecule has 1 aliphatic heterocycles. The molecule has 0 N–H and O–H groups in total. The van der Waals surface area contributed by atoms with Crippen molar-refractivity contribution >= 4 is 6.09 Å². The molecule has 2 aromatic rings. The number of hydrogen-bond acceptors (Lipinski definition) is 5. The summed E-state index contributed by atoms with van der Waals surface area (Å²) in [4.78, 5) is 22.1. The number of piperidine rings is 1. The van der Waals surface area contributed by atoms with Gasteiger partial charge in [0.2, 0.25) is 0 Å². The highest BCUT2D eigenvalue weighted by molar-refractivity contribution is 5.68. The van der Waals surface area contributed by atoms with Crippen LogP contribution < -0.4 is 4.74 Å². The van der Waals surface area contributed by atoms with Crippen molar-refractivity contribution in [3.8, 4) is 11.8 Å². The van der Waals surface area contributed by atoms with Gasteiger partial charge in [-0.2, -0.15) is 0 Å². The first-order valence-electron chi connectivity index (χ1n) is 8.93. The monoisotopic (exact) mass is 355 g/mol. The molecule has 6 heteroatoms. The maximum absolute atomic E-state index is 12.2. The molecule has 0 spiro atoms. The van der Waals surface area contributed by atoms with Crippen molar-refractivity contribution < 1.29 is 14.3 Å². The molecule has 0 bridgehead atoms. The summed E-state index contributed by atoms with van der Waals surface area (Å²) in [6, 6.07) is 10.1. The number of nitrogens with zero attached hydrogens (tertiary/aromatic N) is 3. The van der Waals surface area contributed by atoms with Crippen LogP contribution in [0.2, 0.25) is 0 Å². The maximum Gasteiger partial charge on any atom is 0.410 e. The SMILES string of the molecule is CC(C)(C)OC(=O)N1CCC(c2ccc(Oc3ncccn3)cc2)CC1. The Morgan fingerprint density at radius 3 is 2.27 bits per heavy atom. The topological polar surface area (TPSA) is 64.5 Å². The lowest BCUT2D eigenvalue weighted by Gasteiger charge is -2.33. The van der Waals surface area contributed by atoms with Gasteiger partial charge >= 0.3 is 12.1 Å². The standard InChI is InChI=1S/C20H25N3O3/c1-20(2,3)26-19(24)23-13-9-16(10-14-23)15-5-7-17(8-6-15)25-18-21-11-4-12-22-18/h4-8,11-12,16H,9-10,13-14H2,1-3H3. The van der Waals surface area contributed by atoms with E-state index < -0.39 is 5.60 Å². The predicted octanol–water partition coefficient (Wildman–Crippen LogP) is 4.38. The Kier molecular flexibility index (Phi) is 5.40. The van der Waals surface area contributed by atoms with Gasteiger partial charge in [0.1, 0.15) is 11.4 Å². The van der Waals surface area contributed by atoms with Crippen LogP contribution in [0, 0.1) is 0 Å². The van der Waals surface area contributed by atoms with Gasteiger partial charge in [0.15, 0.2) is 0 Å². The zero-order valence-corrected chi connectivity index (χ0v) is 15.5. The van der Waals surface area contributed by atoms with Crippen LogP contribution >= 0.6 is 0 Å². The molecule has 3 rings (SSSR count). The molecule has 0 atom stereocenters. The average Bonchev–Trinajstić information content (AvgIpc) is 2.62. The molecule has 0 saturated carbocycles. The summed E-state index contributed by atoms with van der Waals surface area (Å²) in [7, 11) is 0. The minimum atomic E-state index is -0.452. The summed E-state index contributed by atoms with van der Waals surface area (Å²) in [5.41, 5.74) is 0.807. The number of hydrogen-bond donors (Lipinski definition) is 0. The largest absolute Gasteiger partial charge is 0.444 e. The number of aromatic nitrogens is 2. The number of carbonyl (C=O) groups excluding carboxylic acids is 1. The van der Waals surface area contributed by atoms with Crippen molar-refractivity contribution in [2.45, 2.75) is 45.1 Å². The molecular weight excluding hydrogens is 330 g/mol. The fourth-order valence-corrected chi connectivity index (χ4v) is 2.97. The second kappa shape index (κ2) is 7.72. The Hall–Kier alpha value is -2.63. The number of benzene rings is 1. The number of carbonyl (C=O) groups is 1. The van der Waals surface area contributed by atoms with Crippen LogP contribution in [0.4, 0.5) is 4.79 Å². The molecule has 2 heterocycles. The van der Waals surface area contributed by atoms with Crippen LogP contribution in [0.5, 0.6) is 11.8 Å². The van der Waals surface area contributed by atoms with E-state index in [-0.39, 0.29) is 6.09 Å². The van der Waals surface area contributed by atoms with Gasteiger partial charge < -0.3 is 14.4 Å². The van der Waals surface area contributed by atoms with E-state index in [0.717, 1.165) is 25.9 Å². The minimum absolute atomic E-state index is 0.220. The number of ether oxygens (including phenoxy) is 2. The van der Waals surface area contributed by atoms with Gasteiger partial charge in [-0.15, -0.1) is 0 Å². The lowest BCUT2D eigenvalue weighted by Crippen LogP contribution is -2.41. The summed E-state index contributed by atoms with van der Waals surface area (Å²) >= 11 is 0. The minimum Gasteiger partial charge on any atom is -0.444 e. The normalized spacial score (nSPS) is 15.6. The fraction of sp³-hybridized carbons (Fsp3) is 0.450. The molecule has 0 radical (unpaired) electrons. The van der Waals surface area contributed by atoms with E-state index in [1.165, 1.54) is 5.56 Å². The third-order valence-electron chi connectivity index (χ3n) is 4.25. The Balaban J connectivity index is 1.54. The average molecular weight is 355 g/mol. The summed E-state index contributed by atoms with van der Waals surface area (Å²) in [6.45, 7) is 7.11. The van der Waals surface area contributed by atoms with Gasteiger partial charge in [0.25, 0.3) is 0 Å². The Bertz CT molecular complexity index is 718. The van der Waals surface area contributed by atoms with Crippen molar-refractivity contribution in [1.29, 1.82) is 0 Å². The van der Waals surface area contributed by atoms with E-state index in [9.17, 15) is 4.79 Å². The van der Waals surface area contributed by atoms with E-state index >= 15 is 0 Å². The van der Waals surface area contributed by atoms with Crippen molar-refractivity contribution in [3.05, 3.63) is 48.3 Å². The molecule has 1 fully saturated rings. The highest BCUT2D eigenvalue weighted by Gasteiger charge is 2.27. The van der Waals surface area contributed by atoms with Gasteiger partial charge in [-0.1, -0.05) is 12.1 Å². The van der Waals surface area contributed by atoms with Gasteiger partial charge in [-0.3, -0.25) is 0 Å². The quantitative estimate of drug-likeness (QED) is 0.817. The first-order chi connectivity index (χ1) is 12.4. The Morgan fingerprint density at radius 2 is 1.69 bits per heavy atom. The molecule has 138 valence electrons. The van der Waals surface area contributed by atoms with Gasteiger partial charge in [0.05, 0.1) is 0 Å². The third-order valence-corrected chi connectivity index (χ3v) is 4.25. The summed E-state index contributed by atoms with van der Waals surface area (Å²) < 4.78 is 11.1. The summed E-state index contributed by atoms with van der Waals surface area (Å²) in [5.74, 6) is 1.15. The predicted molar refractivity (Wildman–Crippen MR) is 98.3 cm³/mol. The van der Waals surface area contributed by atoms with E-state index in [2.05, 4.69) is 22.1 Å². The maximum atomic E-state index is 12.2. The lowest BCUT2D eigenvalue weighted by molar-refractivity contribution is 0.0205. The van der Waals surface area contributed by atoms with Crippen molar-refractivity contribution in [3.63, 3.8) is 0 Å². The Morgan fingerprint density at radius 1 is 1.08 bits per heavy atom. The first-order valence-corrected chi connectivity index (χ1v) is 8.93. The zero-order chi connectivity index (χ0) is 18.6. The van der Waals surface area contributed by atoms with Gasteiger partial charge in [0, 0.05) is 25.5 Å². The third kappa shape index (κ3) is 4.94. The van der Waals surface area contributed by atoms with Gasteiger partial charge in [-0.05, 0) is 63.3 Å². The van der Waals surface area contributed by atoms with Crippen LogP contribution in [0.3, 0.4) is 0 Å². The Labute approximate surface area is 154 Å². The van der Waals surface area contributed by atoms with Crippen LogP contribution in [0.15, 0.2) is 42.7 Å². The second-order valence-electron chi connectivity index (χ2n) is 7.44. The van der Waals surface area contributed by atoms with Crippen LogP contribution in [-0.2, 0) is 4.74 Å². The molecule has 1 saturated heterocycles. The van der Waals surface area contributed by atoms with Crippen LogP contribution in [-0.4, -0.2) is 39.7 Å². The molecule has 1 aromatic heterocycles. The summed E-state index contributed by atoms with van der Waals surface area (Å²) in [6.07, 6.45) is 4.94. The summed E-state index contributed by atoms with van der Waals surface area (Å²) in [5, 5.41) is 0. The molecule has 1 aromatic carbocycles. The fourth-order valence-electron chi connectivity index (χ4n) is 2.97. The van der Waals surface area contributed by atoms with Crippen molar-refractivity contribution in [2.75, 3.05) is 13.1 Å². The van der Waals surface area contributed by atoms with E-state index in [1.807, 2.05) is 32.9 Å². The highest BCUT2D eigenvalue weighted by atomic mass is 16.6. The zero-order valence-electron chi connectivity index (χ0n) is 15.5.